The summed E-state index contributed by atoms with van der Waals surface area (Å²) in [4.78, 5) is 2.33. The van der Waals surface area contributed by atoms with Crippen molar-refractivity contribution in [2.24, 2.45) is 0 Å². The molecule has 0 radical (unpaired) electrons. The number of benzene rings is 8. The molecule has 0 saturated heterocycles. The Balaban J connectivity index is 1.29. The Hall–Kier alpha value is -6.84. The van der Waals surface area contributed by atoms with Gasteiger partial charge in [0.05, 0.1) is 22.1 Å². The largest absolute Gasteiger partial charge is 0.311 e. The first-order chi connectivity index (χ1) is 26.6. The van der Waals surface area contributed by atoms with Crippen LogP contribution in [0.15, 0.2) is 188 Å². The fourth-order valence-corrected chi connectivity index (χ4v) is 9.42. The lowest BCUT2D eigenvalue weighted by Gasteiger charge is -2.25. The minimum absolute atomic E-state index is 0.221. The van der Waals surface area contributed by atoms with Gasteiger partial charge in [0, 0.05) is 61.0 Å². The lowest BCUT2D eigenvalue weighted by molar-refractivity contribution is 0.667. The van der Waals surface area contributed by atoms with E-state index in [9.17, 15) is 0 Å². The second kappa shape index (κ2) is 11.6. The van der Waals surface area contributed by atoms with Crippen molar-refractivity contribution in [3.05, 3.63) is 199 Å². The molecule has 10 aromatic rings. The molecular weight excluding hydrogens is 655 g/mol. The predicted molar refractivity (Wildman–Crippen MR) is 227 cm³/mol. The minimum atomic E-state index is -0.221. The van der Waals surface area contributed by atoms with E-state index in [1.54, 1.807) is 0 Å². The van der Waals surface area contributed by atoms with Gasteiger partial charge in [-0.1, -0.05) is 129 Å². The van der Waals surface area contributed by atoms with Gasteiger partial charge in [0.1, 0.15) is 0 Å². The van der Waals surface area contributed by atoms with Gasteiger partial charge in [-0.25, -0.2) is 0 Å². The zero-order valence-corrected chi connectivity index (χ0v) is 30.2. The molecule has 8 aromatic carbocycles. The summed E-state index contributed by atoms with van der Waals surface area (Å²) in [6, 6.07) is 68.4. The van der Waals surface area contributed by atoms with E-state index in [1.165, 1.54) is 71.6 Å². The zero-order chi connectivity index (χ0) is 36.0. The molecule has 0 bridgehead atoms. The summed E-state index contributed by atoms with van der Waals surface area (Å²) < 4.78 is 5.05. The monoisotopic (exact) mass is 691 g/mol. The Morgan fingerprint density at radius 3 is 1.50 bits per heavy atom. The van der Waals surface area contributed by atoms with Crippen LogP contribution in [-0.2, 0) is 5.41 Å². The lowest BCUT2D eigenvalue weighted by atomic mass is 9.80. The summed E-state index contributed by atoms with van der Waals surface area (Å²) >= 11 is 0. The first-order valence-corrected chi connectivity index (χ1v) is 18.8. The van der Waals surface area contributed by atoms with E-state index in [4.69, 9.17) is 0 Å². The summed E-state index contributed by atoms with van der Waals surface area (Å²) in [5, 5.41) is 5.17. The molecular formula is C51H37N3. The molecule has 3 heteroatoms. The molecule has 0 unspecified atom stereocenters. The van der Waals surface area contributed by atoms with Gasteiger partial charge in [0.2, 0.25) is 0 Å². The van der Waals surface area contributed by atoms with Crippen molar-refractivity contribution in [2.75, 3.05) is 4.90 Å². The van der Waals surface area contributed by atoms with Crippen LogP contribution in [0, 0.1) is 0 Å². The standard InChI is InChI=1S/C51H37N3/c1-51(2)42-27-15-12-24-39(42)45-48(51)46-40-25-13-16-28-43(40)53(36-22-10-5-11-23-36)50(46)47-41-26-14-17-29-44(41)54(49(45)47)38-32-30-37(31-33-38)52(34-18-6-3-7-19-34)35-20-8-4-9-21-35/h3-33H,1-2H3. The van der Waals surface area contributed by atoms with Crippen molar-refractivity contribution in [2.45, 2.75) is 19.3 Å². The van der Waals surface area contributed by atoms with Crippen LogP contribution in [-0.4, -0.2) is 9.13 Å². The number of aromatic nitrogens is 2. The Kier molecular flexibility index (Phi) is 6.60. The Labute approximate surface area is 314 Å². The third-order valence-electron chi connectivity index (χ3n) is 11.6. The maximum atomic E-state index is 2.53. The highest BCUT2D eigenvalue weighted by Gasteiger charge is 2.41. The van der Waals surface area contributed by atoms with Gasteiger partial charge in [-0.15, -0.1) is 0 Å². The molecule has 0 amide bonds. The Bertz CT molecular complexity index is 3000. The van der Waals surface area contributed by atoms with E-state index in [1.807, 2.05) is 0 Å². The number of rotatable bonds is 5. The van der Waals surface area contributed by atoms with E-state index in [0.29, 0.717) is 0 Å². The predicted octanol–water partition coefficient (Wildman–Crippen LogP) is 13.7. The number of nitrogens with zero attached hydrogens (tertiary/aromatic N) is 3. The van der Waals surface area contributed by atoms with Gasteiger partial charge in [0.25, 0.3) is 0 Å². The highest BCUT2D eigenvalue weighted by Crippen LogP contribution is 2.58. The van der Waals surface area contributed by atoms with Crippen LogP contribution >= 0.6 is 0 Å². The van der Waals surface area contributed by atoms with Crippen molar-refractivity contribution in [1.82, 2.24) is 9.13 Å². The molecule has 54 heavy (non-hydrogen) atoms. The quantitative estimate of drug-likeness (QED) is 0.175. The van der Waals surface area contributed by atoms with Crippen LogP contribution in [0.5, 0.6) is 0 Å². The lowest BCUT2D eigenvalue weighted by Crippen LogP contribution is -2.15. The van der Waals surface area contributed by atoms with Crippen molar-refractivity contribution in [3.8, 4) is 22.5 Å². The smallest absolute Gasteiger partial charge is 0.0644 e. The molecule has 0 aliphatic heterocycles. The van der Waals surface area contributed by atoms with Crippen molar-refractivity contribution in [1.29, 1.82) is 0 Å². The highest BCUT2D eigenvalue weighted by molar-refractivity contribution is 6.31. The molecule has 0 saturated carbocycles. The average Bonchev–Trinajstić information content (AvgIpc) is 3.83. The number of hydrogen-bond acceptors (Lipinski definition) is 1. The molecule has 1 aliphatic rings. The van der Waals surface area contributed by atoms with Gasteiger partial charge in [-0.3, -0.25) is 0 Å². The first kappa shape index (κ1) is 30.8. The summed E-state index contributed by atoms with van der Waals surface area (Å²) in [5.74, 6) is 0. The van der Waals surface area contributed by atoms with Gasteiger partial charge >= 0.3 is 0 Å². The maximum absolute atomic E-state index is 2.53. The summed E-state index contributed by atoms with van der Waals surface area (Å²) in [5.41, 5.74) is 15.8. The number of hydrogen-bond donors (Lipinski definition) is 0. The van der Waals surface area contributed by atoms with Gasteiger partial charge in [0.15, 0.2) is 0 Å². The van der Waals surface area contributed by atoms with Crippen LogP contribution in [0.25, 0.3) is 66.1 Å². The van der Waals surface area contributed by atoms with Crippen molar-refractivity contribution >= 4 is 60.7 Å². The average molecular weight is 692 g/mol. The molecule has 11 rings (SSSR count). The second-order valence-corrected chi connectivity index (χ2v) is 14.9. The van der Waals surface area contributed by atoms with Crippen LogP contribution in [0.4, 0.5) is 17.1 Å². The van der Waals surface area contributed by atoms with Crippen LogP contribution in [0.2, 0.25) is 0 Å². The van der Waals surface area contributed by atoms with Crippen LogP contribution in [0.1, 0.15) is 25.0 Å². The van der Waals surface area contributed by atoms with Gasteiger partial charge in [-0.05, 0) is 89.5 Å². The van der Waals surface area contributed by atoms with E-state index in [2.05, 4.69) is 216 Å². The molecule has 3 nitrogen and oxygen atoms in total. The molecule has 256 valence electrons. The molecule has 1 aliphatic carbocycles. The zero-order valence-electron chi connectivity index (χ0n) is 30.2. The van der Waals surface area contributed by atoms with E-state index < -0.39 is 0 Å². The Morgan fingerprint density at radius 2 is 0.870 bits per heavy atom. The number of para-hydroxylation sites is 5. The SMILES string of the molecule is CC1(C)c2ccccc2-c2c1c1c3ccccc3n(-c3ccccc3)c1c1c3ccccc3n(-c3ccc(N(c4ccccc4)c4ccccc4)cc3)c21. The normalized spacial score (nSPS) is 13.1. The maximum Gasteiger partial charge on any atom is 0.0644 e. The molecule has 2 aromatic heterocycles. The molecule has 0 spiro atoms. The summed E-state index contributed by atoms with van der Waals surface area (Å²) in [7, 11) is 0. The van der Waals surface area contributed by atoms with E-state index >= 15 is 0 Å². The first-order valence-electron chi connectivity index (χ1n) is 18.8. The van der Waals surface area contributed by atoms with Crippen molar-refractivity contribution in [3.63, 3.8) is 0 Å². The summed E-state index contributed by atoms with van der Waals surface area (Å²) in [6.45, 7) is 4.84. The van der Waals surface area contributed by atoms with Gasteiger partial charge in [-0.2, -0.15) is 0 Å². The Morgan fingerprint density at radius 1 is 0.407 bits per heavy atom. The molecule has 0 fully saturated rings. The highest BCUT2D eigenvalue weighted by atomic mass is 15.1. The van der Waals surface area contributed by atoms with Crippen molar-refractivity contribution < 1.29 is 0 Å². The topological polar surface area (TPSA) is 13.1 Å². The number of fused-ring (bicyclic) bond motifs is 12. The molecule has 0 atom stereocenters. The molecule has 2 heterocycles. The number of anilines is 3. The fourth-order valence-electron chi connectivity index (χ4n) is 9.42. The molecule has 0 N–H and O–H groups in total. The fraction of sp³-hybridized carbons (Fsp3) is 0.0588. The second-order valence-electron chi connectivity index (χ2n) is 14.9. The third-order valence-corrected chi connectivity index (χ3v) is 11.6. The minimum Gasteiger partial charge on any atom is -0.311 e. The summed E-state index contributed by atoms with van der Waals surface area (Å²) in [6.07, 6.45) is 0. The third kappa shape index (κ3) is 4.24. The van der Waals surface area contributed by atoms with E-state index in [0.717, 1.165) is 22.7 Å². The van der Waals surface area contributed by atoms with Crippen LogP contribution < -0.4 is 4.90 Å². The van der Waals surface area contributed by atoms with Gasteiger partial charge < -0.3 is 14.0 Å². The van der Waals surface area contributed by atoms with E-state index in [-0.39, 0.29) is 5.41 Å². The van der Waals surface area contributed by atoms with Crippen LogP contribution in [0.3, 0.4) is 0 Å².